The fourth-order valence-corrected chi connectivity index (χ4v) is 3.18. The van der Waals surface area contributed by atoms with Crippen molar-refractivity contribution < 1.29 is 44.3 Å². The molecule has 0 fully saturated rings. The average Bonchev–Trinajstić information content (AvgIpc) is 2.77. The Morgan fingerprint density at radius 2 is 0.969 bits per heavy atom. The third-order valence-corrected chi connectivity index (χ3v) is 4.70. The average molecular weight is 436 g/mol. The molecule has 0 bridgehead atoms. The Morgan fingerprint density at radius 3 is 1.34 bits per heavy atom. The van der Waals surface area contributed by atoms with Gasteiger partial charge in [-0.15, -0.1) is 0 Å². The highest BCUT2D eigenvalue weighted by Gasteiger charge is 2.17. The zero-order valence-electron chi connectivity index (χ0n) is 16.5. The maximum absolute atomic E-state index is 11.4. The highest BCUT2D eigenvalue weighted by Crippen LogP contribution is 2.36. The Morgan fingerprint density at radius 1 is 0.562 bits per heavy atom. The van der Waals surface area contributed by atoms with Gasteiger partial charge in [0, 0.05) is 5.56 Å². The molecule has 3 aromatic carbocycles. The number of carboxylic acids is 4. The van der Waals surface area contributed by atoms with Gasteiger partial charge in [-0.3, -0.25) is 0 Å². The predicted octanol–water partition coefficient (Wildman–Crippen LogP) is 3.82. The maximum atomic E-state index is 11.4. The molecule has 3 rings (SSSR count). The van der Waals surface area contributed by atoms with Crippen molar-refractivity contribution in [3.8, 4) is 28.0 Å². The van der Waals surface area contributed by atoms with Crippen LogP contribution in [0.4, 0.5) is 0 Å². The summed E-state index contributed by atoms with van der Waals surface area (Å²) in [5.74, 6) is -4.92. The van der Waals surface area contributed by atoms with Crippen molar-refractivity contribution in [1.29, 1.82) is 0 Å². The van der Waals surface area contributed by atoms with E-state index in [2.05, 4.69) is 0 Å². The monoisotopic (exact) mass is 436 g/mol. The van der Waals surface area contributed by atoms with E-state index in [1.54, 1.807) is 12.1 Å². The van der Waals surface area contributed by atoms with Gasteiger partial charge >= 0.3 is 23.9 Å². The number of ether oxygens (including phenoxy) is 1. The Bertz CT molecular complexity index is 1210. The minimum absolute atomic E-state index is 0.205. The molecule has 4 N–H and O–H groups in total. The summed E-state index contributed by atoms with van der Waals surface area (Å²) in [6, 6.07) is 12.0. The van der Waals surface area contributed by atoms with E-state index in [1.807, 2.05) is 0 Å². The van der Waals surface area contributed by atoms with Gasteiger partial charge in [0.05, 0.1) is 29.4 Å². The number of rotatable bonds is 7. The molecule has 0 spiro atoms. The molecular formula is C23H16O9. The second kappa shape index (κ2) is 8.60. The summed E-state index contributed by atoms with van der Waals surface area (Å²) < 4.78 is 5.39. The van der Waals surface area contributed by atoms with Gasteiger partial charge in [0.1, 0.15) is 5.75 Å². The van der Waals surface area contributed by atoms with Gasteiger partial charge in [-0.2, -0.15) is 0 Å². The zero-order valence-corrected chi connectivity index (χ0v) is 16.5. The standard InChI is InChI=1S/C23H16O9/c1-32-19-10-11(12-4-14(20(24)25)8-15(5-12)21(26)27)2-3-18(19)13-6-16(22(28)29)9-17(7-13)23(30)31/h2-10H,1H3,(H,24,25)(H,26,27)(H,28,29)(H,30,31). The number of methoxy groups -OCH3 is 1. The molecule has 0 aliphatic carbocycles. The molecule has 0 heterocycles. The first-order chi connectivity index (χ1) is 15.1. The fraction of sp³-hybridized carbons (Fsp3) is 0.0435. The van der Waals surface area contributed by atoms with E-state index in [4.69, 9.17) is 4.74 Å². The molecule has 0 saturated heterocycles. The molecule has 0 saturated carbocycles. The SMILES string of the molecule is COc1cc(-c2cc(C(=O)O)cc(C(=O)O)c2)ccc1-c1cc(C(=O)O)cc(C(=O)O)c1. The normalized spacial score (nSPS) is 10.4. The summed E-state index contributed by atoms with van der Waals surface area (Å²) in [4.78, 5) is 45.6. The number of carboxylic acid groups (broad SMARTS) is 4. The van der Waals surface area contributed by atoms with Crippen molar-refractivity contribution in [2.75, 3.05) is 7.11 Å². The van der Waals surface area contributed by atoms with Crippen LogP contribution in [0.15, 0.2) is 54.6 Å². The minimum Gasteiger partial charge on any atom is -0.496 e. The Labute approximate surface area is 180 Å². The molecule has 32 heavy (non-hydrogen) atoms. The molecule has 0 amide bonds. The predicted molar refractivity (Wildman–Crippen MR) is 112 cm³/mol. The lowest BCUT2D eigenvalue weighted by Crippen LogP contribution is -2.04. The molecule has 0 aliphatic rings. The molecule has 9 nitrogen and oxygen atoms in total. The van der Waals surface area contributed by atoms with Crippen molar-refractivity contribution in [1.82, 2.24) is 0 Å². The van der Waals surface area contributed by atoms with Gasteiger partial charge in [0.2, 0.25) is 0 Å². The highest BCUT2D eigenvalue weighted by molar-refractivity contribution is 5.98. The first kappa shape index (κ1) is 22.0. The summed E-state index contributed by atoms with van der Waals surface area (Å²) in [6.07, 6.45) is 0. The Hall–Kier alpha value is -4.66. The summed E-state index contributed by atoms with van der Waals surface area (Å²) in [6.45, 7) is 0. The smallest absolute Gasteiger partial charge is 0.335 e. The van der Waals surface area contributed by atoms with Crippen molar-refractivity contribution in [2.45, 2.75) is 0 Å². The highest BCUT2D eigenvalue weighted by atomic mass is 16.5. The van der Waals surface area contributed by atoms with Crippen molar-refractivity contribution in [3.05, 3.63) is 76.9 Å². The van der Waals surface area contributed by atoms with E-state index >= 15 is 0 Å². The summed E-state index contributed by atoms with van der Waals surface area (Å²) >= 11 is 0. The molecule has 3 aromatic rings. The lowest BCUT2D eigenvalue weighted by Gasteiger charge is -2.13. The van der Waals surface area contributed by atoms with Gasteiger partial charge in [-0.25, -0.2) is 19.2 Å². The lowest BCUT2D eigenvalue weighted by atomic mass is 9.95. The zero-order chi connectivity index (χ0) is 23.6. The number of aromatic carboxylic acids is 4. The van der Waals surface area contributed by atoms with Gasteiger partial charge < -0.3 is 25.2 Å². The third kappa shape index (κ3) is 4.41. The fourth-order valence-electron chi connectivity index (χ4n) is 3.18. The molecular weight excluding hydrogens is 420 g/mol. The van der Waals surface area contributed by atoms with Crippen molar-refractivity contribution >= 4 is 23.9 Å². The van der Waals surface area contributed by atoms with Crippen LogP contribution in [0.3, 0.4) is 0 Å². The van der Waals surface area contributed by atoms with Gasteiger partial charge in [-0.1, -0.05) is 12.1 Å². The van der Waals surface area contributed by atoms with Crippen LogP contribution in [-0.4, -0.2) is 51.4 Å². The van der Waals surface area contributed by atoms with Crippen LogP contribution >= 0.6 is 0 Å². The van der Waals surface area contributed by atoms with Gasteiger partial charge in [0.25, 0.3) is 0 Å². The molecule has 162 valence electrons. The number of hydrogen-bond donors (Lipinski definition) is 4. The van der Waals surface area contributed by atoms with E-state index in [0.717, 1.165) is 12.1 Å². The van der Waals surface area contributed by atoms with Crippen LogP contribution in [0.25, 0.3) is 22.3 Å². The molecule has 0 atom stereocenters. The number of hydrogen-bond acceptors (Lipinski definition) is 5. The molecule has 0 aliphatic heterocycles. The van der Waals surface area contributed by atoms with Crippen LogP contribution in [-0.2, 0) is 0 Å². The summed E-state index contributed by atoms with van der Waals surface area (Å²) in [7, 11) is 1.36. The summed E-state index contributed by atoms with van der Waals surface area (Å²) in [5, 5.41) is 37.2. The van der Waals surface area contributed by atoms with Crippen LogP contribution in [0.2, 0.25) is 0 Å². The minimum atomic E-state index is -1.29. The van der Waals surface area contributed by atoms with Crippen molar-refractivity contribution in [2.24, 2.45) is 0 Å². The Balaban J connectivity index is 2.18. The van der Waals surface area contributed by atoms with E-state index < -0.39 is 23.9 Å². The first-order valence-electron chi connectivity index (χ1n) is 9.03. The van der Waals surface area contributed by atoms with Crippen molar-refractivity contribution in [3.63, 3.8) is 0 Å². The van der Waals surface area contributed by atoms with E-state index in [-0.39, 0.29) is 33.6 Å². The van der Waals surface area contributed by atoms with Crippen LogP contribution in [0, 0.1) is 0 Å². The Kier molecular flexibility index (Phi) is 5.92. The molecule has 9 heteroatoms. The van der Waals surface area contributed by atoms with Gasteiger partial charge in [0.15, 0.2) is 0 Å². The van der Waals surface area contributed by atoms with Crippen LogP contribution in [0.1, 0.15) is 41.4 Å². The lowest BCUT2D eigenvalue weighted by molar-refractivity contribution is 0.0676. The van der Waals surface area contributed by atoms with E-state index in [1.165, 1.54) is 37.4 Å². The number of carbonyl (C=O) groups is 4. The topological polar surface area (TPSA) is 158 Å². The van der Waals surface area contributed by atoms with Crippen LogP contribution in [0.5, 0.6) is 5.75 Å². The molecule has 0 unspecified atom stereocenters. The van der Waals surface area contributed by atoms with E-state index in [0.29, 0.717) is 16.7 Å². The van der Waals surface area contributed by atoms with E-state index in [9.17, 15) is 39.6 Å². The third-order valence-electron chi connectivity index (χ3n) is 4.70. The number of benzene rings is 3. The molecule has 0 radical (unpaired) electrons. The quantitative estimate of drug-likeness (QED) is 0.432. The van der Waals surface area contributed by atoms with Gasteiger partial charge in [-0.05, 0) is 59.2 Å². The first-order valence-corrected chi connectivity index (χ1v) is 9.03. The summed E-state index contributed by atoms with van der Waals surface area (Å²) in [5.41, 5.74) is 0.608. The second-order valence-electron chi connectivity index (χ2n) is 6.73. The second-order valence-corrected chi connectivity index (χ2v) is 6.73. The largest absolute Gasteiger partial charge is 0.496 e. The van der Waals surface area contributed by atoms with Crippen LogP contribution < -0.4 is 4.74 Å². The molecule has 0 aromatic heterocycles. The maximum Gasteiger partial charge on any atom is 0.335 e.